The first kappa shape index (κ1) is 15.3. The molecular weight excluding hydrogens is 278 g/mol. The van der Waals surface area contributed by atoms with Crippen LogP contribution in [0.5, 0.6) is 5.75 Å². The van der Waals surface area contributed by atoms with E-state index < -0.39 is 9.84 Å². The van der Waals surface area contributed by atoms with Crippen LogP contribution in [0, 0.1) is 0 Å². The second kappa shape index (κ2) is 7.06. The molecule has 1 saturated heterocycles. The van der Waals surface area contributed by atoms with Gasteiger partial charge in [0.05, 0.1) is 17.6 Å². The van der Waals surface area contributed by atoms with Crippen LogP contribution in [0.2, 0.25) is 0 Å². The zero-order valence-corrected chi connectivity index (χ0v) is 12.3. The summed E-state index contributed by atoms with van der Waals surface area (Å²) in [7, 11) is -3.13. The molecular formula is C14H21NO4S. The third kappa shape index (κ3) is 4.77. The Kier molecular flexibility index (Phi) is 5.39. The minimum Gasteiger partial charge on any atom is -0.493 e. The number of hydrogen-bond donors (Lipinski definition) is 1. The Balaban J connectivity index is 1.79. The number of benzene rings is 1. The maximum absolute atomic E-state index is 11.9. The lowest BCUT2D eigenvalue weighted by Crippen LogP contribution is -2.25. The summed E-state index contributed by atoms with van der Waals surface area (Å²) in [5.74, 6) is 0.763. The Morgan fingerprint density at radius 3 is 2.95 bits per heavy atom. The van der Waals surface area contributed by atoms with E-state index in [9.17, 15) is 8.42 Å². The fourth-order valence-corrected chi connectivity index (χ4v) is 3.52. The van der Waals surface area contributed by atoms with E-state index in [1.165, 1.54) is 0 Å². The lowest BCUT2D eigenvalue weighted by Gasteiger charge is -2.11. The van der Waals surface area contributed by atoms with E-state index in [-0.39, 0.29) is 24.2 Å². The minimum absolute atomic E-state index is 0.0136. The van der Waals surface area contributed by atoms with E-state index in [1.54, 1.807) is 6.07 Å². The molecule has 1 unspecified atom stereocenters. The van der Waals surface area contributed by atoms with Crippen LogP contribution in [-0.4, -0.2) is 39.2 Å². The molecule has 0 bridgehead atoms. The van der Waals surface area contributed by atoms with Crippen molar-refractivity contribution in [2.75, 3.05) is 24.7 Å². The molecule has 20 heavy (non-hydrogen) atoms. The Morgan fingerprint density at radius 1 is 1.40 bits per heavy atom. The fraction of sp³-hybridized carbons (Fsp3) is 0.571. The summed E-state index contributed by atoms with van der Waals surface area (Å²) in [5, 5.41) is 0. The van der Waals surface area contributed by atoms with Crippen molar-refractivity contribution < 1.29 is 17.9 Å². The fourth-order valence-electron chi connectivity index (χ4n) is 2.19. The highest BCUT2D eigenvalue weighted by Gasteiger charge is 2.23. The molecule has 1 aliphatic rings. The van der Waals surface area contributed by atoms with E-state index in [4.69, 9.17) is 15.2 Å². The van der Waals surface area contributed by atoms with Crippen LogP contribution in [0.4, 0.5) is 0 Å². The molecule has 0 amide bonds. The zero-order chi connectivity index (χ0) is 14.4. The maximum atomic E-state index is 11.9. The second-order valence-corrected chi connectivity index (χ2v) is 7.18. The standard InChI is InChI=1S/C14H21NO4S/c15-10-12-3-1-4-13(9-12)19-7-8-20(16,17)11-14-5-2-6-18-14/h1,3-4,9,14H,2,5-8,10-11,15H2. The molecule has 6 heteroatoms. The van der Waals surface area contributed by atoms with Gasteiger partial charge < -0.3 is 15.2 Å². The van der Waals surface area contributed by atoms with E-state index in [2.05, 4.69) is 0 Å². The number of rotatable bonds is 7. The SMILES string of the molecule is NCc1cccc(OCCS(=O)(=O)CC2CCCO2)c1. The van der Waals surface area contributed by atoms with Gasteiger partial charge in [0.15, 0.2) is 9.84 Å². The van der Waals surface area contributed by atoms with Crippen molar-refractivity contribution >= 4 is 9.84 Å². The Labute approximate surface area is 120 Å². The van der Waals surface area contributed by atoms with E-state index in [0.29, 0.717) is 18.9 Å². The average Bonchev–Trinajstić information content (AvgIpc) is 2.91. The van der Waals surface area contributed by atoms with Gasteiger partial charge in [0.25, 0.3) is 0 Å². The average molecular weight is 299 g/mol. The first-order valence-electron chi connectivity index (χ1n) is 6.83. The smallest absolute Gasteiger partial charge is 0.156 e. The van der Waals surface area contributed by atoms with Crippen LogP contribution in [0.25, 0.3) is 0 Å². The Bertz CT molecular complexity index is 524. The molecule has 1 aliphatic heterocycles. The quantitative estimate of drug-likeness (QED) is 0.816. The normalized spacial score (nSPS) is 19.1. The molecule has 0 saturated carbocycles. The summed E-state index contributed by atoms with van der Waals surface area (Å²) >= 11 is 0. The highest BCUT2D eigenvalue weighted by molar-refractivity contribution is 7.91. The van der Waals surface area contributed by atoms with E-state index in [0.717, 1.165) is 18.4 Å². The second-order valence-electron chi connectivity index (χ2n) is 4.95. The summed E-state index contributed by atoms with van der Waals surface area (Å²) in [6, 6.07) is 7.37. The minimum atomic E-state index is -3.13. The molecule has 0 radical (unpaired) electrons. The van der Waals surface area contributed by atoms with Gasteiger partial charge in [-0.3, -0.25) is 0 Å². The van der Waals surface area contributed by atoms with Crippen LogP contribution < -0.4 is 10.5 Å². The number of nitrogens with two attached hydrogens (primary N) is 1. The van der Waals surface area contributed by atoms with Crippen molar-refractivity contribution in [2.45, 2.75) is 25.5 Å². The predicted molar refractivity (Wildman–Crippen MR) is 77.5 cm³/mol. The van der Waals surface area contributed by atoms with Crippen molar-refractivity contribution in [3.63, 3.8) is 0 Å². The zero-order valence-electron chi connectivity index (χ0n) is 11.5. The van der Waals surface area contributed by atoms with Gasteiger partial charge in [-0.25, -0.2) is 8.42 Å². The van der Waals surface area contributed by atoms with Gasteiger partial charge in [0, 0.05) is 13.2 Å². The number of hydrogen-bond acceptors (Lipinski definition) is 5. The van der Waals surface area contributed by atoms with Gasteiger partial charge in [-0.05, 0) is 30.5 Å². The van der Waals surface area contributed by atoms with Crippen molar-refractivity contribution in [1.82, 2.24) is 0 Å². The van der Waals surface area contributed by atoms with Crippen LogP contribution in [-0.2, 0) is 21.1 Å². The van der Waals surface area contributed by atoms with Crippen molar-refractivity contribution in [2.24, 2.45) is 5.73 Å². The van der Waals surface area contributed by atoms with Gasteiger partial charge in [0.2, 0.25) is 0 Å². The van der Waals surface area contributed by atoms with Crippen molar-refractivity contribution in [3.05, 3.63) is 29.8 Å². The molecule has 0 aliphatic carbocycles. The van der Waals surface area contributed by atoms with Crippen LogP contribution >= 0.6 is 0 Å². The molecule has 0 spiro atoms. The highest BCUT2D eigenvalue weighted by atomic mass is 32.2. The van der Waals surface area contributed by atoms with Crippen LogP contribution in [0.3, 0.4) is 0 Å². The van der Waals surface area contributed by atoms with Crippen LogP contribution in [0.1, 0.15) is 18.4 Å². The van der Waals surface area contributed by atoms with Crippen molar-refractivity contribution in [3.8, 4) is 5.75 Å². The summed E-state index contributed by atoms with van der Waals surface area (Å²) in [6.45, 7) is 1.26. The molecule has 1 aromatic rings. The number of sulfone groups is 1. The van der Waals surface area contributed by atoms with Crippen molar-refractivity contribution in [1.29, 1.82) is 0 Å². The van der Waals surface area contributed by atoms with E-state index in [1.807, 2.05) is 18.2 Å². The summed E-state index contributed by atoms with van der Waals surface area (Å²) in [5.41, 5.74) is 6.51. The maximum Gasteiger partial charge on any atom is 0.156 e. The molecule has 1 aromatic carbocycles. The number of ether oxygens (including phenoxy) is 2. The van der Waals surface area contributed by atoms with Crippen LogP contribution in [0.15, 0.2) is 24.3 Å². The van der Waals surface area contributed by atoms with Gasteiger partial charge in [-0.15, -0.1) is 0 Å². The third-order valence-corrected chi connectivity index (χ3v) is 4.93. The third-order valence-electron chi connectivity index (χ3n) is 3.26. The topological polar surface area (TPSA) is 78.6 Å². The Hall–Kier alpha value is -1.11. The molecule has 2 rings (SSSR count). The molecule has 5 nitrogen and oxygen atoms in total. The predicted octanol–water partition coefficient (Wildman–Crippen LogP) is 1.12. The first-order chi connectivity index (χ1) is 9.59. The molecule has 1 atom stereocenters. The largest absolute Gasteiger partial charge is 0.493 e. The lowest BCUT2D eigenvalue weighted by atomic mass is 10.2. The summed E-state index contributed by atoms with van der Waals surface area (Å²) in [4.78, 5) is 0. The summed E-state index contributed by atoms with van der Waals surface area (Å²) < 4.78 is 34.7. The monoisotopic (exact) mass is 299 g/mol. The molecule has 0 aromatic heterocycles. The highest BCUT2D eigenvalue weighted by Crippen LogP contribution is 2.15. The van der Waals surface area contributed by atoms with Gasteiger partial charge in [-0.2, -0.15) is 0 Å². The molecule has 2 N–H and O–H groups in total. The molecule has 1 fully saturated rings. The Morgan fingerprint density at radius 2 is 2.25 bits per heavy atom. The van der Waals surface area contributed by atoms with Gasteiger partial charge in [0.1, 0.15) is 12.4 Å². The lowest BCUT2D eigenvalue weighted by molar-refractivity contribution is 0.127. The molecule has 112 valence electrons. The van der Waals surface area contributed by atoms with Gasteiger partial charge >= 0.3 is 0 Å². The van der Waals surface area contributed by atoms with Gasteiger partial charge in [-0.1, -0.05) is 12.1 Å². The summed E-state index contributed by atoms with van der Waals surface area (Å²) in [6.07, 6.45) is 1.64. The first-order valence-corrected chi connectivity index (χ1v) is 8.65. The molecule has 1 heterocycles. The van der Waals surface area contributed by atoms with E-state index >= 15 is 0 Å².